The smallest absolute Gasteiger partial charge is 0.338 e. The third kappa shape index (κ3) is 4.43. The van der Waals surface area contributed by atoms with Crippen molar-refractivity contribution in [1.29, 1.82) is 0 Å². The molecule has 9 heteroatoms. The van der Waals surface area contributed by atoms with E-state index in [1.54, 1.807) is 53.5 Å². The molecule has 0 bridgehead atoms. The highest BCUT2D eigenvalue weighted by Gasteiger charge is 2.45. The van der Waals surface area contributed by atoms with E-state index in [0.717, 1.165) is 0 Å². The molecule has 0 aliphatic carbocycles. The van der Waals surface area contributed by atoms with Crippen LogP contribution in [0.3, 0.4) is 0 Å². The van der Waals surface area contributed by atoms with Gasteiger partial charge in [0, 0.05) is 10.6 Å². The molecule has 2 heterocycles. The van der Waals surface area contributed by atoms with Gasteiger partial charge >= 0.3 is 5.97 Å². The first-order chi connectivity index (χ1) is 14.1. The number of benzene rings is 2. The van der Waals surface area contributed by atoms with Crippen molar-refractivity contribution in [2.75, 3.05) is 13.2 Å². The van der Waals surface area contributed by atoms with Crippen LogP contribution < -0.4 is 0 Å². The summed E-state index contributed by atoms with van der Waals surface area (Å²) in [4.78, 5) is 16.2. The maximum atomic E-state index is 12.2. The van der Waals surface area contributed by atoms with Crippen LogP contribution in [0.15, 0.2) is 61.2 Å². The summed E-state index contributed by atoms with van der Waals surface area (Å²) >= 11 is 12.5. The van der Waals surface area contributed by atoms with E-state index in [0.29, 0.717) is 21.2 Å². The minimum Gasteiger partial charge on any atom is -0.459 e. The molecule has 0 spiro atoms. The van der Waals surface area contributed by atoms with Gasteiger partial charge in [-0.3, -0.25) is 0 Å². The largest absolute Gasteiger partial charge is 0.459 e. The highest BCUT2D eigenvalue weighted by atomic mass is 35.5. The molecule has 29 heavy (non-hydrogen) atoms. The lowest BCUT2D eigenvalue weighted by Crippen LogP contribution is -2.35. The summed E-state index contributed by atoms with van der Waals surface area (Å²) in [6.45, 7) is 0.477. The summed E-state index contributed by atoms with van der Waals surface area (Å²) in [5.74, 6) is -1.63. The van der Waals surface area contributed by atoms with Gasteiger partial charge < -0.3 is 14.2 Å². The van der Waals surface area contributed by atoms with E-state index in [2.05, 4.69) is 10.1 Å². The molecule has 0 amide bonds. The van der Waals surface area contributed by atoms with Crippen molar-refractivity contribution in [3.8, 4) is 0 Å². The lowest BCUT2D eigenvalue weighted by molar-refractivity contribution is -0.191. The number of aromatic nitrogens is 3. The lowest BCUT2D eigenvalue weighted by Gasteiger charge is -2.29. The van der Waals surface area contributed by atoms with Gasteiger partial charge in [0.15, 0.2) is 0 Å². The number of esters is 1. The standard InChI is InChI=1S/C20H17Cl2N3O4/c21-15-6-7-17(18(22)8-15)20(11-25-13-23-12-24-25)28-10-16(29-20)9-27-19(26)14-4-2-1-3-5-14/h1-8,12-13,16H,9-11H2/t16-,20-/m0/s1. The van der Waals surface area contributed by atoms with Crippen LogP contribution in [0, 0.1) is 0 Å². The Morgan fingerprint density at radius 1 is 1.24 bits per heavy atom. The summed E-state index contributed by atoms with van der Waals surface area (Å²) in [6.07, 6.45) is 2.50. The fourth-order valence-corrected chi connectivity index (χ4v) is 3.66. The molecule has 0 N–H and O–H groups in total. The van der Waals surface area contributed by atoms with Crippen LogP contribution >= 0.6 is 23.2 Å². The van der Waals surface area contributed by atoms with Crippen molar-refractivity contribution in [2.24, 2.45) is 0 Å². The second-order valence-electron chi connectivity index (χ2n) is 6.49. The fourth-order valence-electron chi connectivity index (χ4n) is 3.11. The predicted octanol–water partition coefficient (Wildman–Crippen LogP) is 3.71. The number of halogens is 2. The number of nitrogens with zero attached hydrogens (tertiary/aromatic N) is 3. The van der Waals surface area contributed by atoms with E-state index >= 15 is 0 Å². The third-order valence-electron chi connectivity index (χ3n) is 4.45. The molecule has 1 saturated heterocycles. The van der Waals surface area contributed by atoms with Crippen LogP contribution in [0.5, 0.6) is 0 Å². The highest BCUT2D eigenvalue weighted by Crippen LogP contribution is 2.40. The second-order valence-corrected chi connectivity index (χ2v) is 7.33. The molecule has 1 fully saturated rings. The van der Waals surface area contributed by atoms with Crippen LogP contribution in [-0.2, 0) is 26.5 Å². The zero-order valence-electron chi connectivity index (χ0n) is 15.2. The maximum Gasteiger partial charge on any atom is 0.338 e. The Morgan fingerprint density at radius 3 is 2.79 bits per heavy atom. The molecule has 2 aromatic carbocycles. The quantitative estimate of drug-likeness (QED) is 0.551. The predicted molar refractivity (Wildman–Crippen MR) is 106 cm³/mol. The maximum absolute atomic E-state index is 12.2. The van der Waals surface area contributed by atoms with Crippen LogP contribution in [-0.4, -0.2) is 40.1 Å². The third-order valence-corrected chi connectivity index (χ3v) is 5.00. The molecular weight excluding hydrogens is 417 g/mol. The average Bonchev–Trinajstić information content (AvgIpc) is 3.37. The van der Waals surface area contributed by atoms with Gasteiger partial charge in [-0.05, 0) is 24.3 Å². The number of ether oxygens (including phenoxy) is 3. The van der Waals surface area contributed by atoms with Crippen LogP contribution in [0.4, 0.5) is 0 Å². The second kappa shape index (κ2) is 8.51. The van der Waals surface area contributed by atoms with Gasteiger partial charge in [-0.2, -0.15) is 5.10 Å². The molecule has 3 aromatic rings. The van der Waals surface area contributed by atoms with E-state index in [1.807, 2.05) is 6.07 Å². The van der Waals surface area contributed by atoms with Crippen LogP contribution in [0.1, 0.15) is 15.9 Å². The molecule has 7 nitrogen and oxygen atoms in total. The first-order valence-corrected chi connectivity index (χ1v) is 9.63. The van der Waals surface area contributed by atoms with Gasteiger partial charge in [0.1, 0.15) is 31.9 Å². The molecule has 2 atom stereocenters. The summed E-state index contributed by atoms with van der Waals surface area (Å²) < 4.78 is 19.2. The Bertz CT molecular complexity index is 985. The summed E-state index contributed by atoms with van der Waals surface area (Å²) in [7, 11) is 0. The van der Waals surface area contributed by atoms with Gasteiger partial charge in [0.25, 0.3) is 0 Å². The number of hydrogen-bond donors (Lipinski definition) is 0. The van der Waals surface area contributed by atoms with Gasteiger partial charge in [-0.1, -0.05) is 47.5 Å². The zero-order chi connectivity index (χ0) is 20.3. The van der Waals surface area contributed by atoms with Gasteiger partial charge in [-0.25, -0.2) is 14.5 Å². The summed E-state index contributed by atoms with van der Waals surface area (Å²) in [5.41, 5.74) is 1.08. The molecule has 0 unspecified atom stereocenters. The molecule has 1 aromatic heterocycles. The Labute approximate surface area is 177 Å². The van der Waals surface area contributed by atoms with Crippen molar-refractivity contribution >= 4 is 29.2 Å². The average molecular weight is 434 g/mol. The normalized spacial score (nSPS) is 21.2. The summed E-state index contributed by atoms with van der Waals surface area (Å²) in [5, 5.41) is 5.03. The number of hydrogen-bond acceptors (Lipinski definition) is 6. The van der Waals surface area contributed by atoms with Crippen molar-refractivity contribution in [2.45, 2.75) is 18.4 Å². The van der Waals surface area contributed by atoms with Crippen molar-refractivity contribution in [3.05, 3.63) is 82.4 Å². The molecule has 0 saturated carbocycles. The molecular formula is C20H17Cl2N3O4. The van der Waals surface area contributed by atoms with E-state index in [4.69, 9.17) is 37.4 Å². The minimum absolute atomic E-state index is 0.0397. The molecule has 1 aliphatic rings. The molecule has 1 aliphatic heterocycles. The van der Waals surface area contributed by atoms with Crippen molar-refractivity contribution in [3.63, 3.8) is 0 Å². The van der Waals surface area contributed by atoms with Crippen LogP contribution in [0.2, 0.25) is 10.0 Å². The molecule has 150 valence electrons. The first-order valence-electron chi connectivity index (χ1n) is 8.88. The first kappa shape index (κ1) is 19.8. The van der Waals surface area contributed by atoms with Gasteiger partial charge in [0.05, 0.1) is 17.2 Å². The Balaban J connectivity index is 1.51. The van der Waals surface area contributed by atoms with E-state index in [1.165, 1.54) is 6.33 Å². The topological polar surface area (TPSA) is 75.5 Å². The van der Waals surface area contributed by atoms with E-state index < -0.39 is 17.9 Å². The lowest BCUT2D eigenvalue weighted by atomic mass is 10.1. The number of carbonyl (C=O) groups excluding carboxylic acids is 1. The fraction of sp³-hybridized carbons (Fsp3) is 0.250. The van der Waals surface area contributed by atoms with Crippen molar-refractivity contribution in [1.82, 2.24) is 14.8 Å². The van der Waals surface area contributed by atoms with E-state index in [9.17, 15) is 4.79 Å². The monoisotopic (exact) mass is 433 g/mol. The molecule has 0 radical (unpaired) electrons. The SMILES string of the molecule is O=C(OC[C@H]1CO[C@](Cn2cncn2)(c2ccc(Cl)cc2Cl)O1)c1ccccc1. The Hall–Kier alpha value is -2.45. The highest BCUT2D eigenvalue weighted by molar-refractivity contribution is 6.35. The van der Waals surface area contributed by atoms with Crippen LogP contribution in [0.25, 0.3) is 0 Å². The number of rotatable bonds is 6. The molecule has 4 rings (SSSR count). The number of carbonyl (C=O) groups is 1. The van der Waals surface area contributed by atoms with Crippen molar-refractivity contribution < 1.29 is 19.0 Å². The zero-order valence-corrected chi connectivity index (χ0v) is 16.7. The van der Waals surface area contributed by atoms with Gasteiger partial charge in [-0.15, -0.1) is 0 Å². The van der Waals surface area contributed by atoms with Gasteiger partial charge in [0.2, 0.25) is 5.79 Å². The Kier molecular flexibility index (Phi) is 5.82. The summed E-state index contributed by atoms with van der Waals surface area (Å²) in [6, 6.07) is 13.8. The minimum atomic E-state index is -1.21. The van der Waals surface area contributed by atoms with E-state index in [-0.39, 0.29) is 19.8 Å². The Morgan fingerprint density at radius 2 is 2.07 bits per heavy atom.